The highest BCUT2D eigenvalue weighted by atomic mass is 35.5. The number of nitrogens with two attached hydrogens (primary N) is 1. The fourth-order valence-corrected chi connectivity index (χ4v) is 1.83. The number of carbonyl (C=O) groups excluding carboxylic acids is 1. The summed E-state index contributed by atoms with van der Waals surface area (Å²) in [4.78, 5) is 15.4. The largest absolute Gasteiger partial charge is 0.370 e. The Bertz CT molecular complexity index is 569. The molecule has 6 heteroatoms. The zero-order valence-electron chi connectivity index (χ0n) is 10.8. The fourth-order valence-electron chi connectivity index (χ4n) is 1.70. The molecule has 20 heavy (non-hydrogen) atoms. The second-order valence-electron chi connectivity index (χ2n) is 4.21. The number of nitrogens with one attached hydrogen (secondary N) is 2. The molecule has 0 bridgehead atoms. The molecule has 5 nitrogen and oxygen atoms in total. The maximum atomic E-state index is 11.2. The van der Waals surface area contributed by atoms with E-state index < -0.39 is 0 Å². The van der Waals surface area contributed by atoms with Gasteiger partial charge in [0.05, 0.1) is 5.56 Å². The molecule has 0 aliphatic carbocycles. The molecule has 0 aliphatic rings. The van der Waals surface area contributed by atoms with Crippen molar-refractivity contribution in [2.45, 2.75) is 6.42 Å². The molecule has 0 aliphatic heterocycles. The van der Waals surface area contributed by atoms with Crippen molar-refractivity contribution in [1.82, 2.24) is 10.4 Å². The highest BCUT2D eigenvalue weighted by Gasteiger charge is 2.03. The summed E-state index contributed by atoms with van der Waals surface area (Å²) in [5.74, 6) is 5.40. The first-order valence-corrected chi connectivity index (χ1v) is 6.52. The summed E-state index contributed by atoms with van der Waals surface area (Å²) in [5, 5.41) is 3.92. The van der Waals surface area contributed by atoms with Crippen molar-refractivity contribution in [3.8, 4) is 0 Å². The lowest BCUT2D eigenvalue weighted by Crippen LogP contribution is -2.30. The number of hydrazine groups is 1. The van der Waals surface area contributed by atoms with E-state index in [4.69, 9.17) is 17.4 Å². The van der Waals surface area contributed by atoms with Crippen LogP contribution in [0.2, 0.25) is 5.02 Å². The van der Waals surface area contributed by atoms with Gasteiger partial charge in [0, 0.05) is 17.8 Å². The van der Waals surface area contributed by atoms with E-state index in [1.807, 2.05) is 24.3 Å². The van der Waals surface area contributed by atoms with Gasteiger partial charge in [0.25, 0.3) is 5.91 Å². The maximum Gasteiger partial charge on any atom is 0.266 e. The maximum absolute atomic E-state index is 11.2. The topological polar surface area (TPSA) is 80.0 Å². The summed E-state index contributed by atoms with van der Waals surface area (Å²) < 4.78 is 0. The van der Waals surface area contributed by atoms with Gasteiger partial charge in [0.1, 0.15) is 5.82 Å². The Morgan fingerprint density at radius 2 is 1.95 bits per heavy atom. The van der Waals surface area contributed by atoms with E-state index in [1.54, 1.807) is 12.1 Å². The van der Waals surface area contributed by atoms with Crippen LogP contribution < -0.4 is 16.6 Å². The van der Waals surface area contributed by atoms with Gasteiger partial charge >= 0.3 is 0 Å². The Morgan fingerprint density at radius 3 is 2.55 bits per heavy atom. The third-order valence-corrected chi connectivity index (χ3v) is 3.04. The number of nitrogen functional groups attached to an aromatic ring is 1. The van der Waals surface area contributed by atoms with Crippen molar-refractivity contribution in [2.75, 3.05) is 11.9 Å². The molecule has 4 N–H and O–H groups in total. The summed E-state index contributed by atoms with van der Waals surface area (Å²) in [7, 11) is 0. The third kappa shape index (κ3) is 3.94. The number of hydrogen-bond acceptors (Lipinski definition) is 4. The lowest BCUT2D eigenvalue weighted by atomic mass is 10.1. The second-order valence-corrected chi connectivity index (χ2v) is 4.65. The minimum atomic E-state index is -0.356. The van der Waals surface area contributed by atoms with Crippen LogP contribution in [0.1, 0.15) is 15.9 Å². The van der Waals surface area contributed by atoms with Gasteiger partial charge in [0.2, 0.25) is 0 Å². The first-order chi connectivity index (χ1) is 9.69. The van der Waals surface area contributed by atoms with E-state index in [9.17, 15) is 4.79 Å². The summed E-state index contributed by atoms with van der Waals surface area (Å²) in [5.41, 5.74) is 3.68. The van der Waals surface area contributed by atoms with Gasteiger partial charge in [-0.05, 0) is 36.2 Å². The van der Waals surface area contributed by atoms with Crippen LogP contribution in [-0.2, 0) is 6.42 Å². The van der Waals surface area contributed by atoms with Crippen LogP contribution in [0.4, 0.5) is 5.82 Å². The van der Waals surface area contributed by atoms with Gasteiger partial charge in [-0.2, -0.15) is 0 Å². The Labute approximate surface area is 122 Å². The third-order valence-electron chi connectivity index (χ3n) is 2.79. The van der Waals surface area contributed by atoms with E-state index in [-0.39, 0.29) is 5.91 Å². The molecule has 1 aromatic heterocycles. The van der Waals surface area contributed by atoms with Gasteiger partial charge in [-0.15, -0.1) is 0 Å². The van der Waals surface area contributed by atoms with Gasteiger partial charge < -0.3 is 5.32 Å². The average molecular weight is 291 g/mol. The number of hydrogen-bond donors (Lipinski definition) is 3. The molecule has 2 rings (SSSR count). The van der Waals surface area contributed by atoms with Crippen LogP contribution in [0.5, 0.6) is 0 Å². The Hall–Kier alpha value is -2.11. The van der Waals surface area contributed by atoms with Crippen molar-refractivity contribution in [2.24, 2.45) is 5.84 Å². The number of benzene rings is 1. The second kappa shape index (κ2) is 6.88. The molecule has 0 saturated heterocycles. The van der Waals surface area contributed by atoms with Gasteiger partial charge in [-0.1, -0.05) is 23.7 Å². The lowest BCUT2D eigenvalue weighted by Gasteiger charge is -2.06. The summed E-state index contributed by atoms with van der Waals surface area (Å²) in [6.45, 7) is 0.747. The number of pyridine rings is 1. The van der Waals surface area contributed by atoms with Crippen LogP contribution in [-0.4, -0.2) is 17.4 Å². The summed E-state index contributed by atoms with van der Waals surface area (Å²) in [6, 6.07) is 11.1. The normalized spacial score (nSPS) is 10.1. The van der Waals surface area contributed by atoms with E-state index >= 15 is 0 Å². The molecule has 1 heterocycles. The van der Waals surface area contributed by atoms with E-state index in [1.165, 1.54) is 11.8 Å². The first kappa shape index (κ1) is 14.3. The van der Waals surface area contributed by atoms with Crippen LogP contribution in [0.15, 0.2) is 42.6 Å². The fraction of sp³-hybridized carbons (Fsp3) is 0.143. The SMILES string of the molecule is NNC(=O)c1ccc(NCCc2ccc(Cl)cc2)nc1. The number of anilines is 1. The van der Waals surface area contributed by atoms with Crippen LogP contribution in [0.25, 0.3) is 0 Å². The van der Waals surface area contributed by atoms with E-state index in [0.29, 0.717) is 11.4 Å². The van der Waals surface area contributed by atoms with Gasteiger partial charge in [-0.25, -0.2) is 10.8 Å². The number of halogens is 1. The van der Waals surface area contributed by atoms with Crippen molar-refractivity contribution in [3.05, 3.63) is 58.7 Å². The number of aromatic nitrogens is 1. The van der Waals surface area contributed by atoms with Crippen LogP contribution in [0.3, 0.4) is 0 Å². The van der Waals surface area contributed by atoms with E-state index in [2.05, 4.69) is 15.7 Å². The molecular formula is C14H15ClN4O. The summed E-state index contributed by atoms with van der Waals surface area (Å²) >= 11 is 5.83. The molecule has 0 atom stereocenters. The zero-order valence-corrected chi connectivity index (χ0v) is 11.5. The Kier molecular flexibility index (Phi) is 4.92. The molecule has 0 spiro atoms. The molecular weight excluding hydrogens is 276 g/mol. The van der Waals surface area contributed by atoms with Crippen molar-refractivity contribution in [3.63, 3.8) is 0 Å². The molecule has 1 aromatic carbocycles. The molecule has 104 valence electrons. The van der Waals surface area contributed by atoms with Gasteiger partial charge in [0.15, 0.2) is 0 Å². The number of nitrogens with zero attached hydrogens (tertiary/aromatic N) is 1. The summed E-state index contributed by atoms with van der Waals surface area (Å²) in [6.07, 6.45) is 2.34. The smallest absolute Gasteiger partial charge is 0.266 e. The predicted molar refractivity (Wildman–Crippen MR) is 79.5 cm³/mol. The molecule has 0 saturated carbocycles. The van der Waals surface area contributed by atoms with Crippen LogP contribution >= 0.6 is 11.6 Å². The monoisotopic (exact) mass is 290 g/mol. The zero-order chi connectivity index (χ0) is 14.4. The van der Waals surface area contributed by atoms with Crippen molar-refractivity contribution < 1.29 is 4.79 Å². The number of rotatable bonds is 5. The molecule has 2 aromatic rings. The number of carbonyl (C=O) groups is 1. The minimum Gasteiger partial charge on any atom is -0.370 e. The first-order valence-electron chi connectivity index (χ1n) is 6.14. The number of amides is 1. The molecule has 0 unspecified atom stereocenters. The Balaban J connectivity index is 1.85. The van der Waals surface area contributed by atoms with Crippen LogP contribution in [0, 0.1) is 0 Å². The van der Waals surface area contributed by atoms with Crippen molar-refractivity contribution in [1.29, 1.82) is 0 Å². The van der Waals surface area contributed by atoms with E-state index in [0.717, 1.165) is 18.0 Å². The van der Waals surface area contributed by atoms with Gasteiger partial charge in [-0.3, -0.25) is 10.2 Å². The molecule has 0 fully saturated rings. The average Bonchev–Trinajstić information content (AvgIpc) is 2.49. The highest BCUT2D eigenvalue weighted by Crippen LogP contribution is 2.10. The highest BCUT2D eigenvalue weighted by molar-refractivity contribution is 6.30. The molecule has 0 radical (unpaired) electrons. The quantitative estimate of drug-likeness (QED) is 0.447. The minimum absolute atomic E-state index is 0.356. The predicted octanol–water partition coefficient (Wildman–Crippen LogP) is 1.99. The van der Waals surface area contributed by atoms with Crippen molar-refractivity contribution >= 4 is 23.3 Å². The molecule has 1 amide bonds. The standard InChI is InChI=1S/C14H15ClN4O/c15-12-4-1-10(2-5-12)7-8-17-13-6-3-11(9-18-13)14(20)19-16/h1-6,9H,7-8,16H2,(H,17,18)(H,19,20). The lowest BCUT2D eigenvalue weighted by molar-refractivity contribution is 0.0953. The Morgan fingerprint density at radius 1 is 1.20 bits per heavy atom.